The maximum atomic E-state index is 12.2. The Morgan fingerprint density at radius 3 is 2.05 bits per heavy atom. The van der Waals surface area contributed by atoms with Crippen LogP contribution >= 0.6 is 15.9 Å². The molecule has 0 fully saturated rings. The number of carbonyl (C=O) groups excluding carboxylic acids is 2. The number of anilines is 2. The Bertz CT molecular complexity index is 666. The average molecular weight is 361 g/mol. The minimum Gasteiger partial charge on any atom is -0.374 e. The van der Waals surface area contributed by atoms with E-state index in [0.29, 0.717) is 11.3 Å². The quantitative estimate of drug-likeness (QED) is 0.789. The Labute approximate surface area is 138 Å². The lowest BCUT2D eigenvalue weighted by atomic mass is 10.1. The summed E-state index contributed by atoms with van der Waals surface area (Å²) in [6.45, 7) is 3.30. The van der Waals surface area contributed by atoms with Crippen LogP contribution in [0, 0.1) is 0 Å². The van der Waals surface area contributed by atoms with Gasteiger partial charge in [0.15, 0.2) is 5.78 Å². The monoisotopic (exact) mass is 360 g/mol. The van der Waals surface area contributed by atoms with Crippen LogP contribution in [0.15, 0.2) is 53.0 Å². The fourth-order valence-corrected chi connectivity index (χ4v) is 2.16. The summed E-state index contributed by atoms with van der Waals surface area (Å²) in [5, 5.41) is 5.95. The molecule has 1 atom stereocenters. The number of hydrogen-bond donors (Lipinski definition) is 2. The van der Waals surface area contributed by atoms with Crippen LogP contribution < -0.4 is 10.6 Å². The van der Waals surface area contributed by atoms with Crippen molar-refractivity contribution in [1.82, 2.24) is 0 Å². The minimum atomic E-state index is -0.381. The molecule has 5 heteroatoms. The molecule has 0 aliphatic rings. The molecular weight excluding hydrogens is 344 g/mol. The predicted octanol–water partition coefficient (Wildman–Crippen LogP) is 4.09. The molecular formula is C17H17BrN2O2. The highest BCUT2D eigenvalue weighted by atomic mass is 79.9. The summed E-state index contributed by atoms with van der Waals surface area (Å²) < 4.78 is 0.987. The molecule has 2 N–H and O–H groups in total. The number of benzene rings is 2. The Kier molecular flexibility index (Phi) is 5.33. The van der Waals surface area contributed by atoms with E-state index in [4.69, 9.17) is 0 Å². The molecule has 0 spiro atoms. The van der Waals surface area contributed by atoms with E-state index in [0.717, 1.165) is 10.2 Å². The third-order valence-electron chi connectivity index (χ3n) is 3.18. The molecule has 0 unspecified atom stereocenters. The van der Waals surface area contributed by atoms with Crippen molar-refractivity contribution in [2.45, 2.75) is 19.9 Å². The normalized spacial score (nSPS) is 11.6. The van der Waals surface area contributed by atoms with Gasteiger partial charge in [-0.3, -0.25) is 9.59 Å². The average Bonchev–Trinajstić information content (AvgIpc) is 2.50. The van der Waals surface area contributed by atoms with Gasteiger partial charge in [-0.05, 0) is 62.4 Å². The summed E-state index contributed by atoms with van der Waals surface area (Å²) in [6, 6.07) is 14.1. The first kappa shape index (κ1) is 16.2. The van der Waals surface area contributed by atoms with E-state index in [1.165, 1.54) is 6.92 Å². The van der Waals surface area contributed by atoms with Crippen molar-refractivity contribution >= 4 is 39.0 Å². The van der Waals surface area contributed by atoms with Crippen molar-refractivity contribution in [1.29, 1.82) is 0 Å². The lowest BCUT2D eigenvalue weighted by Gasteiger charge is -2.15. The van der Waals surface area contributed by atoms with Crippen molar-refractivity contribution in [2.24, 2.45) is 0 Å². The van der Waals surface area contributed by atoms with Crippen molar-refractivity contribution in [2.75, 3.05) is 10.6 Å². The minimum absolute atomic E-state index is 0.00292. The van der Waals surface area contributed by atoms with Gasteiger partial charge in [0.1, 0.15) is 6.04 Å². The molecule has 0 aromatic heterocycles. The van der Waals surface area contributed by atoms with Crippen LogP contribution in [0.4, 0.5) is 11.4 Å². The zero-order valence-electron chi connectivity index (χ0n) is 12.4. The molecule has 0 aliphatic carbocycles. The second-order valence-electron chi connectivity index (χ2n) is 5.00. The van der Waals surface area contributed by atoms with Gasteiger partial charge >= 0.3 is 0 Å². The molecule has 0 aliphatic heterocycles. The summed E-state index contributed by atoms with van der Waals surface area (Å²) in [5.74, 6) is -0.137. The summed E-state index contributed by atoms with van der Waals surface area (Å²) in [6.07, 6.45) is 0. The van der Waals surface area contributed by atoms with Crippen LogP contribution in [0.3, 0.4) is 0 Å². The van der Waals surface area contributed by atoms with E-state index in [1.54, 1.807) is 31.2 Å². The van der Waals surface area contributed by atoms with Gasteiger partial charge in [-0.1, -0.05) is 15.9 Å². The SMILES string of the molecule is CC(=O)c1ccc(NC(=O)[C@H](C)Nc2ccc(Br)cc2)cc1. The van der Waals surface area contributed by atoms with Gasteiger partial charge in [0, 0.05) is 21.4 Å². The molecule has 2 aromatic rings. The number of nitrogens with one attached hydrogen (secondary N) is 2. The van der Waals surface area contributed by atoms with E-state index in [9.17, 15) is 9.59 Å². The molecule has 4 nitrogen and oxygen atoms in total. The summed E-state index contributed by atoms with van der Waals surface area (Å²) in [4.78, 5) is 23.4. The fourth-order valence-electron chi connectivity index (χ4n) is 1.90. The van der Waals surface area contributed by atoms with E-state index < -0.39 is 0 Å². The van der Waals surface area contributed by atoms with Crippen molar-refractivity contribution in [3.05, 3.63) is 58.6 Å². The topological polar surface area (TPSA) is 58.2 Å². The van der Waals surface area contributed by atoms with E-state index in [-0.39, 0.29) is 17.7 Å². The van der Waals surface area contributed by atoms with Crippen molar-refractivity contribution in [3.63, 3.8) is 0 Å². The Hall–Kier alpha value is -2.14. The van der Waals surface area contributed by atoms with Crippen LogP contribution in [0.1, 0.15) is 24.2 Å². The summed E-state index contributed by atoms with van der Waals surface area (Å²) >= 11 is 3.37. The molecule has 2 rings (SSSR count). The number of hydrogen-bond acceptors (Lipinski definition) is 3. The standard InChI is InChI=1S/C17H17BrN2O2/c1-11(19-15-9-5-14(18)6-10-15)17(22)20-16-7-3-13(4-8-16)12(2)21/h3-11,19H,1-2H3,(H,20,22)/t11-/m0/s1. The molecule has 0 heterocycles. The van der Waals surface area contributed by atoms with Crippen molar-refractivity contribution in [3.8, 4) is 0 Å². The van der Waals surface area contributed by atoms with Crippen LogP contribution in [-0.2, 0) is 4.79 Å². The highest BCUT2D eigenvalue weighted by molar-refractivity contribution is 9.10. The second-order valence-corrected chi connectivity index (χ2v) is 5.91. The number of ketones is 1. The zero-order chi connectivity index (χ0) is 16.1. The Balaban J connectivity index is 1.95. The first-order chi connectivity index (χ1) is 10.5. The number of amides is 1. The summed E-state index contributed by atoms with van der Waals surface area (Å²) in [7, 11) is 0. The molecule has 1 amide bonds. The second kappa shape index (κ2) is 7.22. The van der Waals surface area contributed by atoms with Crippen LogP contribution in [0.5, 0.6) is 0 Å². The number of carbonyl (C=O) groups is 2. The highest BCUT2D eigenvalue weighted by Crippen LogP contribution is 2.16. The molecule has 0 saturated carbocycles. The van der Waals surface area contributed by atoms with Crippen LogP contribution in [0.25, 0.3) is 0 Å². The molecule has 2 aromatic carbocycles. The lowest BCUT2D eigenvalue weighted by Crippen LogP contribution is -2.31. The molecule has 114 valence electrons. The Morgan fingerprint density at radius 1 is 0.955 bits per heavy atom. The highest BCUT2D eigenvalue weighted by Gasteiger charge is 2.12. The number of Topliss-reactive ketones (excluding diaryl/α,β-unsaturated/α-hetero) is 1. The van der Waals surface area contributed by atoms with E-state index >= 15 is 0 Å². The van der Waals surface area contributed by atoms with Crippen LogP contribution in [0.2, 0.25) is 0 Å². The first-order valence-corrected chi connectivity index (χ1v) is 7.69. The molecule has 22 heavy (non-hydrogen) atoms. The lowest BCUT2D eigenvalue weighted by molar-refractivity contribution is -0.116. The van der Waals surface area contributed by atoms with Gasteiger partial charge < -0.3 is 10.6 Å². The van der Waals surface area contributed by atoms with E-state index in [2.05, 4.69) is 26.6 Å². The smallest absolute Gasteiger partial charge is 0.246 e. The van der Waals surface area contributed by atoms with Gasteiger partial charge in [-0.2, -0.15) is 0 Å². The third-order valence-corrected chi connectivity index (χ3v) is 3.71. The molecule has 0 saturated heterocycles. The van der Waals surface area contributed by atoms with Gasteiger partial charge in [0.2, 0.25) is 5.91 Å². The Morgan fingerprint density at radius 2 is 1.50 bits per heavy atom. The zero-order valence-corrected chi connectivity index (χ0v) is 14.0. The van der Waals surface area contributed by atoms with Crippen molar-refractivity contribution < 1.29 is 9.59 Å². The third kappa shape index (κ3) is 4.43. The number of rotatable bonds is 5. The molecule has 0 bridgehead atoms. The van der Waals surface area contributed by atoms with Gasteiger partial charge in [-0.25, -0.2) is 0 Å². The van der Waals surface area contributed by atoms with E-state index in [1.807, 2.05) is 24.3 Å². The maximum absolute atomic E-state index is 12.2. The first-order valence-electron chi connectivity index (χ1n) is 6.89. The van der Waals surface area contributed by atoms with Gasteiger partial charge in [0.05, 0.1) is 0 Å². The van der Waals surface area contributed by atoms with Gasteiger partial charge in [0.25, 0.3) is 0 Å². The maximum Gasteiger partial charge on any atom is 0.246 e. The molecule has 0 radical (unpaired) electrons. The predicted molar refractivity (Wildman–Crippen MR) is 92.3 cm³/mol. The van der Waals surface area contributed by atoms with Crippen LogP contribution in [-0.4, -0.2) is 17.7 Å². The fraction of sp³-hybridized carbons (Fsp3) is 0.176. The summed E-state index contributed by atoms with van der Waals surface area (Å²) in [5.41, 5.74) is 2.16. The number of halogens is 1. The van der Waals surface area contributed by atoms with Gasteiger partial charge in [-0.15, -0.1) is 0 Å². The largest absolute Gasteiger partial charge is 0.374 e.